The maximum absolute atomic E-state index is 11.4. The number of aliphatic hydroxyl groups excluding tert-OH is 1. The third-order valence-corrected chi connectivity index (χ3v) is 3.71. The Morgan fingerprint density at radius 3 is 2.43 bits per heavy atom. The van der Waals surface area contributed by atoms with Gasteiger partial charge in [-0.3, -0.25) is 4.79 Å². The van der Waals surface area contributed by atoms with Gasteiger partial charge in [0.2, 0.25) is 5.91 Å². The molecule has 1 amide bonds. The van der Waals surface area contributed by atoms with Crippen molar-refractivity contribution < 1.29 is 9.90 Å². The Kier molecular flexibility index (Phi) is 2.27. The van der Waals surface area contributed by atoms with Crippen LogP contribution in [0.5, 0.6) is 0 Å². The molecule has 0 heterocycles. The van der Waals surface area contributed by atoms with Gasteiger partial charge in [0.15, 0.2) is 0 Å². The molecule has 0 aromatic heterocycles. The van der Waals surface area contributed by atoms with E-state index in [0.717, 1.165) is 19.3 Å². The molecule has 0 spiro atoms. The van der Waals surface area contributed by atoms with Crippen molar-refractivity contribution in [2.75, 3.05) is 0 Å². The van der Waals surface area contributed by atoms with Crippen molar-refractivity contribution in [3.63, 3.8) is 0 Å². The second-order valence-electron chi connectivity index (χ2n) is 4.81. The summed E-state index contributed by atoms with van der Waals surface area (Å²) in [5, 5.41) is 10.1. The number of carbonyl (C=O) groups excluding carboxylic acids is 1. The molecule has 14 heavy (non-hydrogen) atoms. The minimum atomic E-state index is -0.722. The average molecular weight is 198 g/mol. The van der Waals surface area contributed by atoms with Gasteiger partial charge in [-0.05, 0) is 38.0 Å². The summed E-state index contributed by atoms with van der Waals surface area (Å²) in [4.78, 5) is 11.4. The van der Waals surface area contributed by atoms with Crippen LogP contribution < -0.4 is 11.5 Å². The van der Waals surface area contributed by atoms with E-state index in [0.29, 0.717) is 12.8 Å². The van der Waals surface area contributed by atoms with E-state index in [-0.39, 0.29) is 17.9 Å². The highest BCUT2D eigenvalue weighted by atomic mass is 16.3. The third kappa shape index (κ3) is 1.42. The van der Waals surface area contributed by atoms with Crippen LogP contribution in [-0.4, -0.2) is 23.2 Å². The zero-order valence-corrected chi connectivity index (χ0v) is 8.28. The van der Waals surface area contributed by atoms with E-state index in [1.807, 2.05) is 0 Å². The fourth-order valence-corrected chi connectivity index (χ4v) is 2.62. The maximum Gasteiger partial charge on any atom is 0.226 e. The summed E-state index contributed by atoms with van der Waals surface area (Å²) in [6, 6.07) is 0.0240. The molecule has 0 bridgehead atoms. The Morgan fingerprint density at radius 1 is 1.43 bits per heavy atom. The molecule has 5 N–H and O–H groups in total. The van der Waals surface area contributed by atoms with E-state index in [1.165, 1.54) is 0 Å². The lowest BCUT2D eigenvalue weighted by atomic mass is 9.77. The molecule has 0 saturated heterocycles. The van der Waals surface area contributed by atoms with E-state index >= 15 is 0 Å². The maximum atomic E-state index is 11.4. The van der Waals surface area contributed by atoms with Gasteiger partial charge in [-0.2, -0.15) is 0 Å². The van der Waals surface area contributed by atoms with Crippen molar-refractivity contribution in [1.29, 1.82) is 0 Å². The number of hydrogen-bond donors (Lipinski definition) is 3. The van der Waals surface area contributed by atoms with Crippen LogP contribution in [0.1, 0.15) is 32.1 Å². The molecule has 0 radical (unpaired) electrons. The highest BCUT2D eigenvalue weighted by Gasteiger charge is 2.53. The molecule has 4 nitrogen and oxygen atoms in total. The summed E-state index contributed by atoms with van der Waals surface area (Å²) in [6.45, 7) is 0. The van der Waals surface area contributed by atoms with Crippen LogP contribution in [0.2, 0.25) is 0 Å². The second-order valence-corrected chi connectivity index (χ2v) is 4.81. The quantitative estimate of drug-likeness (QED) is 0.583. The number of nitrogens with two attached hydrogens (primary N) is 2. The van der Waals surface area contributed by atoms with E-state index in [9.17, 15) is 9.90 Å². The molecule has 4 heteroatoms. The van der Waals surface area contributed by atoms with E-state index in [1.54, 1.807) is 0 Å². The predicted molar refractivity (Wildman–Crippen MR) is 52.2 cm³/mol. The molecule has 2 fully saturated rings. The van der Waals surface area contributed by atoms with Crippen LogP contribution in [-0.2, 0) is 4.79 Å². The number of aliphatic hydroxyl groups is 1. The number of carbonyl (C=O) groups is 1. The number of primary amides is 1. The molecule has 2 aliphatic carbocycles. The summed E-state index contributed by atoms with van der Waals surface area (Å²) in [5.74, 6) is -0.0855. The van der Waals surface area contributed by atoms with Crippen molar-refractivity contribution in [3.8, 4) is 0 Å². The zero-order chi connectivity index (χ0) is 10.3. The van der Waals surface area contributed by atoms with Gasteiger partial charge in [0.1, 0.15) is 0 Å². The molecule has 2 aliphatic rings. The number of rotatable bonds is 3. The SMILES string of the molecule is NC(=O)C1(C(O)C2CC2)CCC(N)C1. The Hall–Kier alpha value is -0.610. The summed E-state index contributed by atoms with van der Waals surface area (Å²) >= 11 is 0. The Morgan fingerprint density at radius 2 is 2.07 bits per heavy atom. The van der Waals surface area contributed by atoms with Crippen molar-refractivity contribution in [1.82, 2.24) is 0 Å². The molecule has 3 unspecified atom stereocenters. The monoisotopic (exact) mass is 198 g/mol. The normalized spacial score (nSPS) is 39.7. The van der Waals surface area contributed by atoms with Crippen LogP contribution in [0.4, 0.5) is 0 Å². The molecular formula is C10H18N2O2. The summed E-state index contributed by atoms with van der Waals surface area (Å²) < 4.78 is 0. The molecule has 2 saturated carbocycles. The summed E-state index contributed by atoms with van der Waals surface area (Å²) in [5.41, 5.74) is 10.5. The van der Waals surface area contributed by atoms with Crippen molar-refractivity contribution in [2.24, 2.45) is 22.8 Å². The number of amides is 1. The first-order valence-electron chi connectivity index (χ1n) is 5.30. The van der Waals surface area contributed by atoms with Gasteiger partial charge in [-0.15, -0.1) is 0 Å². The highest BCUT2D eigenvalue weighted by Crippen LogP contribution is 2.48. The molecule has 0 aliphatic heterocycles. The molecule has 0 aromatic rings. The topological polar surface area (TPSA) is 89.3 Å². The van der Waals surface area contributed by atoms with Crippen LogP contribution >= 0.6 is 0 Å². The molecule has 3 atom stereocenters. The van der Waals surface area contributed by atoms with Gasteiger partial charge in [-0.25, -0.2) is 0 Å². The predicted octanol–water partition coefficient (Wildman–Crippen LogP) is -0.260. The van der Waals surface area contributed by atoms with Gasteiger partial charge in [-0.1, -0.05) is 0 Å². The van der Waals surface area contributed by atoms with E-state index < -0.39 is 11.5 Å². The minimum Gasteiger partial charge on any atom is -0.392 e. The fourth-order valence-electron chi connectivity index (χ4n) is 2.62. The van der Waals surface area contributed by atoms with Crippen LogP contribution in [0.15, 0.2) is 0 Å². The number of hydrogen-bond acceptors (Lipinski definition) is 3. The summed E-state index contributed by atoms with van der Waals surface area (Å²) in [6.07, 6.45) is 3.48. The van der Waals surface area contributed by atoms with Crippen LogP contribution in [0.3, 0.4) is 0 Å². The van der Waals surface area contributed by atoms with Gasteiger partial charge in [0, 0.05) is 6.04 Å². The Labute approximate surface area is 83.6 Å². The summed E-state index contributed by atoms with van der Waals surface area (Å²) in [7, 11) is 0. The highest BCUT2D eigenvalue weighted by molar-refractivity contribution is 5.82. The lowest BCUT2D eigenvalue weighted by Gasteiger charge is -2.31. The van der Waals surface area contributed by atoms with E-state index in [2.05, 4.69) is 0 Å². The van der Waals surface area contributed by atoms with Crippen LogP contribution in [0.25, 0.3) is 0 Å². The van der Waals surface area contributed by atoms with Gasteiger partial charge in [0.05, 0.1) is 11.5 Å². The van der Waals surface area contributed by atoms with Crippen molar-refractivity contribution in [2.45, 2.75) is 44.2 Å². The first-order chi connectivity index (χ1) is 6.56. The lowest BCUT2D eigenvalue weighted by molar-refractivity contribution is -0.135. The largest absolute Gasteiger partial charge is 0.392 e. The van der Waals surface area contributed by atoms with Crippen LogP contribution in [0, 0.1) is 11.3 Å². The smallest absolute Gasteiger partial charge is 0.226 e. The first kappa shape index (κ1) is 9.93. The van der Waals surface area contributed by atoms with Crippen molar-refractivity contribution >= 4 is 5.91 Å². The molecule has 2 rings (SSSR count). The standard InChI is InChI=1S/C10H18N2O2/c11-7-3-4-10(5-7,9(12)14)8(13)6-1-2-6/h6-8,13H,1-5,11H2,(H2,12,14). The van der Waals surface area contributed by atoms with Gasteiger partial charge in [0.25, 0.3) is 0 Å². The van der Waals surface area contributed by atoms with Gasteiger partial charge < -0.3 is 16.6 Å². The lowest BCUT2D eigenvalue weighted by Crippen LogP contribution is -2.46. The van der Waals surface area contributed by atoms with Crippen molar-refractivity contribution in [3.05, 3.63) is 0 Å². The molecule has 80 valence electrons. The second kappa shape index (κ2) is 3.21. The van der Waals surface area contributed by atoms with E-state index in [4.69, 9.17) is 11.5 Å². The Balaban J connectivity index is 2.17. The first-order valence-corrected chi connectivity index (χ1v) is 5.30. The molecule has 0 aromatic carbocycles. The zero-order valence-electron chi connectivity index (χ0n) is 8.28. The molecular weight excluding hydrogens is 180 g/mol. The minimum absolute atomic E-state index is 0.0240. The third-order valence-electron chi connectivity index (χ3n) is 3.71. The fraction of sp³-hybridized carbons (Fsp3) is 0.900. The van der Waals surface area contributed by atoms with Gasteiger partial charge >= 0.3 is 0 Å². The Bertz CT molecular complexity index is 253. The average Bonchev–Trinajstić information content (AvgIpc) is 2.88.